The molecule has 0 radical (unpaired) electrons. The maximum Gasteiger partial charge on any atom is 0.000954 e. The molecule has 0 amide bonds. The molecule has 0 heterocycles. The highest BCUT2D eigenvalue weighted by atomic mass is 32.1. The first-order valence-corrected chi connectivity index (χ1v) is 6.33. The summed E-state index contributed by atoms with van der Waals surface area (Å²) in [5, 5.41) is 0. The highest BCUT2D eigenvalue weighted by Crippen LogP contribution is 2.27. The van der Waals surface area contributed by atoms with Gasteiger partial charge in [0, 0.05) is 6.54 Å². The largest absolute Gasteiger partial charge is 0.303 e. The molecule has 1 rings (SSSR count). The van der Waals surface area contributed by atoms with Gasteiger partial charge < -0.3 is 4.90 Å². The van der Waals surface area contributed by atoms with E-state index in [1.165, 1.54) is 51.7 Å². The standard InChI is InChI=1S/C11H23NS/c1-2-12(8-3-4-9-13)10-11-6-5-7-11/h11,13H,2-10H2,1H3. The number of nitrogens with zero attached hydrogens (tertiary/aromatic N) is 1. The Kier molecular flexibility index (Phi) is 5.88. The fourth-order valence-electron chi connectivity index (χ4n) is 1.87. The summed E-state index contributed by atoms with van der Waals surface area (Å²) in [5.41, 5.74) is 0. The smallest absolute Gasteiger partial charge is 0.000954 e. The van der Waals surface area contributed by atoms with Crippen LogP contribution in [0.3, 0.4) is 0 Å². The van der Waals surface area contributed by atoms with E-state index >= 15 is 0 Å². The SMILES string of the molecule is CCN(CCCCS)CC1CCC1. The Hall–Kier alpha value is 0.310. The predicted molar refractivity (Wildman–Crippen MR) is 62.5 cm³/mol. The quantitative estimate of drug-likeness (QED) is 0.490. The first kappa shape index (κ1) is 11.4. The normalized spacial score (nSPS) is 17.8. The Morgan fingerprint density at radius 1 is 1.31 bits per heavy atom. The van der Waals surface area contributed by atoms with Gasteiger partial charge in [0.05, 0.1) is 0 Å². The molecule has 1 nitrogen and oxygen atoms in total. The van der Waals surface area contributed by atoms with Gasteiger partial charge in [-0.25, -0.2) is 0 Å². The van der Waals surface area contributed by atoms with Crippen LogP contribution in [0.4, 0.5) is 0 Å². The Bertz CT molecular complexity index is 123. The van der Waals surface area contributed by atoms with Crippen molar-refractivity contribution in [1.82, 2.24) is 4.90 Å². The van der Waals surface area contributed by atoms with Gasteiger partial charge in [-0.3, -0.25) is 0 Å². The van der Waals surface area contributed by atoms with Crippen molar-refractivity contribution in [2.75, 3.05) is 25.4 Å². The summed E-state index contributed by atoms with van der Waals surface area (Å²) in [7, 11) is 0. The summed E-state index contributed by atoms with van der Waals surface area (Å²) in [5.74, 6) is 2.07. The second-order valence-corrected chi connectivity index (χ2v) is 4.57. The van der Waals surface area contributed by atoms with Gasteiger partial charge in [0.1, 0.15) is 0 Å². The van der Waals surface area contributed by atoms with E-state index in [1.807, 2.05) is 0 Å². The van der Waals surface area contributed by atoms with E-state index in [9.17, 15) is 0 Å². The zero-order chi connectivity index (χ0) is 9.52. The van der Waals surface area contributed by atoms with Gasteiger partial charge in [0.25, 0.3) is 0 Å². The van der Waals surface area contributed by atoms with Crippen molar-refractivity contribution >= 4 is 12.6 Å². The van der Waals surface area contributed by atoms with Crippen LogP contribution in [0, 0.1) is 5.92 Å². The molecule has 0 unspecified atom stereocenters. The first-order chi connectivity index (χ1) is 6.36. The van der Waals surface area contributed by atoms with Gasteiger partial charge in [-0.2, -0.15) is 12.6 Å². The van der Waals surface area contributed by atoms with Gasteiger partial charge in [-0.05, 0) is 50.4 Å². The average molecular weight is 201 g/mol. The molecular weight excluding hydrogens is 178 g/mol. The third-order valence-electron chi connectivity index (χ3n) is 3.07. The van der Waals surface area contributed by atoms with Crippen LogP contribution < -0.4 is 0 Å². The van der Waals surface area contributed by atoms with E-state index < -0.39 is 0 Å². The van der Waals surface area contributed by atoms with Gasteiger partial charge in [0.15, 0.2) is 0 Å². The highest BCUT2D eigenvalue weighted by molar-refractivity contribution is 7.80. The Morgan fingerprint density at radius 3 is 2.54 bits per heavy atom. The molecule has 0 aromatic carbocycles. The molecule has 1 aliphatic carbocycles. The molecule has 1 fully saturated rings. The molecule has 0 N–H and O–H groups in total. The van der Waals surface area contributed by atoms with Crippen LogP contribution in [-0.2, 0) is 0 Å². The van der Waals surface area contributed by atoms with E-state index in [4.69, 9.17) is 0 Å². The molecule has 0 saturated heterocycles. The zero-order valence-electron chi connectivity index (χ0n) is 8.84. The number of rotatable bonds is 7. The fraction of sp³-hybridized carbons (Fsp3) is 1.00. The lowest BCUT2D eigenvalue weighted by molar-refractivity contribution is 0.182. The van der Waals surface area contributed by atoms with Crippen molar-refractivity contribution in [3.05, 3.63) is 0 Å². The number of unbranched alkanes of at least 4 members (excludes halogenated alkanes) is 1. The lowest BCUT2D eigenvalue weighted by Gasteiger charge is -2.31. The molecule has 0 aromatic rings. The lowest BCUT2D eigenvalue weighted by atomic mass is 9.85. The third-order valence-corrected chi connectivity index (χ3v) is 3.39. The Labute approximate surface area is 88.3 Å². The number of hydrogen-bond acceptors (Lipinski definition) is 2. The number of thiol groups is 1. The van der Waals surface area contributed by atoms with Crippen molar-refractivity contribution in [1.29, 1.82) is 0 Å². The van der Waals surface area contributed by atoms with Crippen molar-refractivity contribution in [3.63, 3.8) is 0 Å². The van der Waals surface area contributed by atoms with E-state index in [0.717, 1.165) is 11.7 Å². The first-order valence-electron chi connectivity index (χ1n) is 5.70. The Balaban J connectivity index is 2.03. The van der Waals surface area contributed by atoms with Crippen LogP contribution in [-0.4, -0.2) is 30.3 Å². The molecule has 13 heavy (non-hydrogen) atoms. The van der Waals surface area contributed by atoms with Crippen LogP contribution in [0.1, 0.15) is 39.0 Å². The van der Waals surface area contributed by atoms with Crippen molar-refractivity contribution in [2.24, 2.45) is 5.92 Å². The summed E-state index contributed by atoms with van der Waals surface area (Å²) in [6, 6.07) is 0. The van der Waals surface area contributed by atoms with E-state index in [2.05, 4.69) is 24.5 Å². The van der Waals surface area contributed by atoms with E-state index in [1.54, 1.807) is 0 Å². The van der Waals surface area contributed by atoms with E-state index in [0.29, 0.717) is 0 Å². The van der Waals surface area contributed by atoms with Crippen LogP contribution >= 0.6 is 12.6 Å². The molecule has 0 spiro atoms. The second-order valence-electron chi connectivity index (χ2n) is 4.12. The molecule has 0 aliphatic heterocycles. The minimum Gasteiger partial charge on any atom is -0.303 e. The topological polar surface area (TPSA) is 3.24 Å². The van der Waals surface area contributed by atoms with Crippen LogP contribution in [0.5, 0.6) is 0 Å². The van der Waals surface area contributed by atoms with Crippen LogP contribution in [0.15, 0.2) is 0 Å². The molecule has 2 heteroatoms. The summed E-state index contributed by atoms with van der Waals surface area (Å²) >= 11 is 4.23. The van der Waals surface area contributed by atoms with Crippen LogP contribution in [0.2, 0.25) is 0 Å². The Morgan fingerprint density at radius 2 is 2.08 bits per heavy atom. The van der Waals surface area contributed by atoms with Crippen molar-refractivity contribution in [2.45, 2.75) is 39.0 Å². The molecule has 0 atom stereocenters. The molecule has 1 aliphatic rings. The van der Waals surface area contributed by atoms with Gasteiger partial charge >= 0.3 is 0 Å². The molecule has 0 bridgehead atoms. The number of hydrogen-bond donors (Lipinski definition) is 1. The molecule has 1 saturated carbocycles. The maximum atomic E-state index is 4.23. The second kappa shape index (κ2) is 6.72. The fourth-order valence-corrected chi connectivity index (χ4v) is 2.09. The minimum atomic E-state index is 1.02. The van der Waals surface area contributed by atoms with Crippen LogP contribution in [0.25, 0.3) is 0 Å². The summed E-state index contributed by atoms with van der Waals surface area (Å²) in [6.07, 6.45) is 7.01. The summed E-state index contributed by atoms with van der Waals surface area (Å²) in [6.45, 7) is 6.14. The van der Waals surface area contributed by atoms with E-state index in [-0.39, 0.29) is 0 Å². The maximum absolute atomic E-state index is 4.23. The van der Waals surface area contributed by atoms with Crippen molar-refractivity contribution in [3.8, 4) is 0 Å². The zero-order valence-corrected chi connectivity index (χ0v) is 9.73. The average Bonchev–Trinajstić information content (AvgIpc) is 2.08. The highest BCUT2D eigenvalue weighted by Gasteiger charge is 2.19. The molecule has 78 valence electrons. The monoisotopic (exact) mass is 201 g/mol. The van der Waals surface area contributed by atoms with Gasteiger partial charge in [-0.1, -0.05) is 13.3 Å². The molecular formula is C11H23NS. The van der Waals surface area contributed by atoms with Gasteiger partial charge in [-0.15, -0.1) is 0 Å². The summed E-state index contributed by atoms with van der Waals surface area (Å²) < 4.78 is 0. The third kappa shape index (κ3) is 4.37. The summed E-state index contributed by atoms with van der Waals surface area (Å²) in [4.78, 5) is 2.60. The minimum absolute atomic E-state index is 1.02. The molecule has 0 aromatic heterocycles. The van der Waals surface area contributed by atoms with Gasteiger partial charge in [0.2, 0.25) is 0 Å². The lowest BCUT2D eigenvalue weighted by Crippen LogP contribution is -2.33. The van der Waals surface area contributed by atoms with Crippen molar-refractivity contribution < 1.29 is 0 Å². The predicted octanol–water partition coefficient (Wildman–Crippen LogP) is 2.82.